The number of carbonyl (C=O) groups excluding carboxylic acids is 2. The number of nitrogens with zero attached hydrogens (tertiary/aromatic N) is 2. The summed E-state index contributed by atoms with van der Waals surface area (Å²) in [6.45, 7) is 7.11. The second-order valence-corrected chi connectivity index (χ2v) is 10.5. The minimum absolute atomic E-state index is 0.0500. The smallest absolute Gasteiger partial charge is 0.244 e. The van der Waals surface area contributed by atoms with Crippen LogP contribution in [0.25, 0.3) is 0 Å². The van der Waals surface area contributed by atoms with Gasteiger partial charge in [-0.05, 0) is 50.5 Å². The largest absolute Gasteiger partial charge is 0.352 e. The van der Waals surface area contributed by atoms with E-state index in [1.165, 1.54) is 4.90 Å². The van der Waals surface area contributed by atoms with E-state index in [1.54, 1.807) is 31.2 Å². The molecule has 0 fully saturated rings. The van der Waals surface area contributed by atoms with E-state index >= 15 is 0 Å². The number of carbonyl (C=O) groups is 2. The van der Waals surface area contributed by atoms with Gasteiger partial charge in [0.25, 0.3) is 0 Å². The van der Waals surface area contributed by atoms with Crippen molar-refractivity contribution in [3.63, 3.8) is 0 Å². The van der Waals surface area contributed by atoms with Crippen molar-refractivity contribution in [2.75, 3.05) is 17.1 Å². The molecule has 2 amide bonds. The first-order valence-electron chi connectivity index (χ1n) is 10.8. The van der Waals surface area contributed by atoms with Gasteiger partial charge in [-0.1, -0.05) is 54.9 Å². The third-order valence-electron chi connectivity index (χ3n) is 5.57. The third-order valence-corrected chi connectivity index (χ3v) is 7.02. The number of hydrogen-bond donors (Lipinski definition) is 1. The fraction of sp³-hybridized carbons (Fsp3) is 0.417. The first kappa shape index (κ1) is 26.7. The standard InChI is InChI=1S/C24H32ClN3O4S/c1-6-18(3)26-24(30)19(4)27(15-20-12-8-7-11-17(20)2)23(29)16-28(33(5,31)32)22-14-10-9-13-21(22)25/h7-14,18-19H,6,15-16H2,1-5H3,(H,26,30)/t18-,19-/m0/s1. The van der Waals surface area contributed by atoms with Crippen LogP contribution in [-0.4, -0.2) is 50.0 Å². The van der Waals surface area contributed by atoms with Crippen LogP contribution in [0.2, 0.25) is 5.02 Å². The molecule has 0 saturated carbocycles. The van der Waals surface area contributed by atoms with E-state index in [2.05, 4.69) is 5.32 Å². The summed E-state index contributed by atoms with van der Waals surface area (Å²) in [5.74, 6) is -0.801. The molecular weight excluding hydrogens is 462 g/mol. The lowest BCUT2D eigenvalue weighted by Crippen LogP contribution is -2.52. The SMILES string of the molecule is CC[C@H](C)NC(=O)[C@H](C)N(Cc1ccccc1C)C(=O)CN(c1ccccc1Cl)S(C)(=O)=O. The molecule has 0 radical (unpaired) electrons. The van der Waals surface area contributed by atoms with Gasteiger partial charge in [-0.25, -0.2) is 8.42 Å². The average molecular weight is 494 g/mol. The van der Waals surface area contributed by atoms with Crippen molar-refractivity contribution >= 4 is 39.1 Å². The molecule has 2 aromatic rings. The van der Waals surface area contributed by atoms with Crippen molar-refractivity contribution in [3.05, 3.63) is 64.7 Å². The topological polar surface area (TPSA) is 86.8 Å². The summed E-state index contributed by atoms with van der Waals surface area (Å²) in [5, 5.41) is 3.12. The number of sulfonamides is 1. The summed E-state index contributed by atoms with van der Waals surface area (Å²) in [6.07, 6.45) is 1.77. The van der Waals surface area contributed by atoms with E-state index in [1.807, 2.05) is 45.0 Å². The molecule has 0 aromatic heterocycles. The Bertz CT molecular complexity index is 1090. The normalized spacial score (nSPS) is 13.2. The van der Waals surface area contributed by atoms with Crippen molar-refractivity contribution in [3.8, 4) is 0 Å². The van der Waals surface area contributed by atoms with Gasteiger partial charge < -0.3 is 10.2 Å². The number of halogens is 1. The van der Waals surface area contributed by atoms with Crippen LogP contribution in [-0.2, 0) is 26.2 Å². The van der Waals surface area contributed by atoms with E-state index < -0.39 is 28.5 Å². The van der Waals surface area contributed by atoms with Crippen LogP contribution in [0, 0.1) is 6.92 Å². The molecule has 0 aliphatic heterocycles. The lowest BCUT2D eigenvalue weighted by atomic mass is 10.1. The Morgan fingerprint density at radius 3 is 2.24 bits per heavy atom. The Balaban J connectivity index is 2.41. The van der Waals surface area contributed by atoms with Crippen LogP contribution >= 0.6 is 11.6 Å². The van der Waals surface area contributed by atoms with Gasteiger partial charge in [0.15, 0.2) is 0 Å². The molecule has 33 heavy (non-hydrogen) atoms. The molecule has 2 rings (SSSR count). The Kier molecular flexibility index (Phi) is 9.31. The van der Waals surface area contributed by atoms with E-state index in [9.17, 15) is 18.0 Å². The van der Waals surface area contributed by atoms with Crippen LogP contribution in [0.1, 0.15) is 38.3 Å². The lowest BCUT2D eigenvalue weighted by molar-refractivity contribution is -0.139. The van der Waals surface area contributed by atoms with Crippen molar-refractivity contribution in [1.29, 1.82) is 0 Å². The molecule has 0 aliphatic carbocycles. The summed E-state index contributed by atoms with van der Waals surface area (Å²) < 4.78 is 26.1. The van der Waals surface area contributed by atoms with Gasteiger partial charge >= 0.3 is 0 Å². The second kappa shape index (κ2) is 11.5. The zero-order valence-corrected chi connectivity index (χ0v) is 21.3. The molecule has 7 nitrogen and oxygen atoms in total. The molecule has 0 heterocycles. The number of nitrogens with one attached hydrogen (secondary N) is 1. The number of aryl methyl sites for hydroxylation is 1. The number of hydrogen-bond acceptors (Lipinski definition) is 4. The highest BCUT2D eigenvalue weighted by atomic mass is 35.5. The molecule has 0 aliphatic rings. The highest BCUT2D eigenvalue weighted by Gasteiger charge is 2.31. The maximum Gasteiger partial charge on any atom is 0.244 e. The number of rotatable bonds is 10. The first-order chi connectivity index (χ1) is 15.5. The van der Waals surface area contributed by atoms with Gasteiger partial charge in [0, 0.05) is 12.6 Å². The lowest BCUT2D eigenvalue weighted by Gasteiger charge is -2.32. The molecule has 2 aromatic carbocycles. The van der Waals surface area contributed by atoms with Crippen LogP contribution in [0.4, 0.5) is 5.69 Å². The summed E-state index contributed by atoms with van der Waals surface area (Å²) >= 11 is 6.23. The van der Waals surface area contributed by atoms with Gasteiger partial charge in [-0.2, -0.15) is 0 Å². The van der Waals surface area contributed by atoms with Gasteiger partial charge in [-0.15, -0.1) is 0 Å². The Hall–Kier alpha value is -2.58. The van der Waals surface area contributed by atoms with Crippen LogP contribution < -0.4 is 9.62 Å². The molecule has 0 spiro atoms. The minimum Gasteiger partial charge on any atom is -0.352 e. The summed E-state index contributed by atoms with van der Waals surface area (Å²) in [7, 11) is -3.82. The zero-order chi connectivity index (χ0) is 24.8. The Morgan fingerprint density at radius 1 is 1.06 bits per heavy atom. The van der Waals surface area contributed by atoms with Crippen molar-refractivity contribution in [2.45, 2.75) is 52.7 Å². The molecule has 0 unspecified atom stereocenters. The van der Waals surface area contributed by atoms with E-state index in [0.717, 1.165) is 28.1 Å². The van der Waals surface area contributed by atoms with Crippen LogP contribution in [0.3, 0.4) is 0 Å². The van der Waals surface area contributed by atoms with Crippen molar-refractivity contribution in [1.82, 2.24) is 10.2 Å². The van der Waals surface area contributed by atoms with E-state index in [-0.39, 0.29) is 29.2 Å². The molecule has 180 valence electrons. The van der Waals surface area contributed by atoms with Gasteiger partial charge in [0.1, 0.15) is 12.6 Å². The van der Waals surface area contributed by atoms with Crippen molar-refractivity contribution < 1.29 is 18.0 Å². The summed E-state index contributed by atoms with van der Waals surface area (Å²) in [4.78, 5) is 27.8. The summed E-state index contributed by atoms with van der Waals surface area (Å²) in [5.41, 5.74) is 2.05. The maximum absolute atomic E-state index is 13.5. The number of benzene rings is 2. The highest BCUT2D eigenvalue weighted by Crippen LogP contribution is 2.27. The monoisotopic (exact) mass is 493 g/mol. The van der Waals surface area contributed by atoms with Crippen molar-refractivity contribution in [2.24, 2.45) is 0 Å². The summed E-state index contributed by atoms with van der Waals surface area (Å²) in [6, 6.07) is 13.1. The fourth-order valence-corrected chi connectivity index (χ4v) is 4.42. The molecule has 0 bridgehead atoms. The predicted octanol–water partition coefficient (Wildman–Crippen LogP) is 3.75. The quantitative estimate of drug-likeness (QED) is 0.546. The average Bonchev–Trinajstić information content (AvgIpc) is 2.76. The zero-order valence-electron chi connectivity index (χ0n) is 19.7. The number of para-hydroxylation sites is 1. The molecule has 0 saturated heterocycles. The third kappa shape index (κ3) is 7.20. The Morgan fingerprint density at radius 2 is 1.67 bits per heavy atom. The van der Waals surface area contributed by atoms with E-state index in [4.69, 9.17) is 11.6 Å². The number of anilines is 1. The Labute approximate surface area is 201 Å². The van der Waals surface area contributed by atoms with Gasteiger partial charge in [-0.3, -0.25) is 13.9 Å². The van der Waals surface area contributed by atoms with Crippen LogP contribution in [0.5, 0.6) is 0 Å². The predicted molar refractivity (Wildman–Crippen MR) is 133 cm³/mol. The minimum atomic E-state index is -3.82. The fourth-order valence-electron chi connectivity index (χ4n) is 3.27. The van der Waals surface area contributed by atoms with Crippen LogP contribution in [0.15, 0.2) is 48.5 Å². The van der Waals surface area contributed by atoms with Gasteiger partial charge in [0.05, 0.1) is 17.0 Å². The molecule has 1 N–H and O–H groups in total. The first-order valence-corrected chi connectivity index (χ1v) is 13.0. The van der Waals surface area contributed by atoms with E-state index in [0.29, 0.717) is 0 Å². The molecule has 2 atom stereocenters. The maximum atomic E-state index is 13.5. The molecule has 9 heteroatoms. The highest BCUT2D eigenvalue weighted by molar-refractivity contribution is 7.92. The molecular formula is C24H32ClN3O4S. The van der Waals surface area contributed by atoms with Gasteiger partial charge in [0.2, 0.25) is 21.8 Å². The number of amides is 2. The second-order valence-electron chi connectivity index (χ2n) is 8.16.